The predicted molar refractivity (Wildman–Crippen MR) is 89.0 cm³/mol. The van der Waals surface area contributed by atoms with Gasteiger partial charge in [-0.2, -0.15) is 0 Å². The molecule has 0 bridgehead atoms. The Kier molecular flexibility index (Phi) is 4.43. The number of aryl methyl sites for hydroxylation is 2. The van der Waals surface area contributed by atoms with Crippen LogP contribution in [-0.2, 0) is 22.4 Å². The normalized spacial score (nSPS) is 22.5. The van der Waals surface area contributed by atoms with Gasteiger partial charge in [0.1, 0.15) is 5.54 Å². The van der Waals surface area contributed by atoms with E-state index in [1.54, 1.807) is 6.92 Å². The third-order valence-electron chi connectivity index (χ3n) is 5.39. The molecule has 0 saturated carbocycles. The Morgan fingerprint density at radius 2 is 1.88 bits per heavy atom. The van der Waals surface area contributed by atoms with E-state index >= 15 is 0 Å². The first-order valence-electron chi connectivity index (χ1n) is 8.61. The second-order valence-electron chi connectivity index (χ2n) is 6.99. The lowest BCUT2D eigenvalue weighted by Gasteiger charge is -2.31. The molecule has 1 aliphatic carbocycles. The van der Waals surface area contributed by atoms with Crippen molar-refractivity contribution >= 4 is 17.7 Å². The topological polar surface area (TPSA) is 74.7 Å². The number of carboxylic acid groups (broad SMARTS) is 1. The molecule has 0 spiro atoms. The van der Waals surface area contributed by atoms with Gasteiger partial charge in [0, 0.05) is 24.9 Å². The van der Waals surface area contributed by atoms with Gasteiger partial charge in [0.2, 0.25) is 5.91 Å². The molecule has 1 aromatic rings. The highest BCUT2D eigenvalue weighted by molar-refractivity contribution is 5.98. The van der Waals surface area contributed by atoms with Crippen LogP contribution in [0.4, 0.5) is 0 Å². The van der Waals surface area contributed by atoms with Crippen LogP contribution in [0.15, 0.2) is 18.2 Å². The van der Waals surface area contributed by atoms with Crippen LogP contribution >= 0.6 is 0 Å². The summed E-state index contributed by atoms with van der Waals surface area (Å²) in [5, 5.41) is 9.38. The molecule has 1 atom stereocenters. The fourth-order valence-corrected chi connectivity index (χ4v) is 3.83. The van der Waals surface area contributed by atoms with Gasteiger partial charge in [0.15, 0.2) is 5.78 Å². The first-order chi connectivity index (χ1) is 11.4. The first kappa shape index (κ1) is 16.7. The van der Waals surface area contributed by atoms with Crippen molar-refractivity contribution in [3.05, 3.63) is 34.9 Å². The Morgan fingerprint density at radius 3 is 2.62 bits per heavy atom. The lowest BCUT2D eigenvalue weighted by atomic mass is 9.98. The minimum Gasteiger partial charge on any atom is -0.480 e. The summed E-state index contributed by atoms with van der Waals surface area (Å²) in [6, 6.07) is 5.81. The first-order valence-corrected chi connectivity index (χ1v) is 8.61. The molecule has 1 amide bonds. The van der Waals surface area contributed by atoms with E-state index in [-0.39, 0.29) is 24.5 Å². The van der Waals surface area contributed by atoms with Crippen LogP contribution in [0.2, 0.25) is 0 Å². The van der Waals surface area contributed by atoms with Crippen molar-refractivity contribution in [2.24, 2.45) is 0 Å². The van der Waals surface area contributed by atoms with Crippen molar-refractivity contribution in [2.45, 2.75) is 57.4 Å². The summed E-state index contributed by atoms with van der Waals surface area (Å²) in [5.41, 5.74) is 2.08. The number of rotatable bonds is 5. The van der Waals surface area contributed by atoms with Crippen molar-refractivity contribution in [1.29, 1.82) is 0 Å². The number of aliphatic carboxylic acids is 1. The Balaban J connectivity index is 1.62. The summed E-state index contributed by atoms with van der Waals surface area (Å²) in [6.07, 6.45) is 4.57. The molecule has 1 N–H and O–H groups in total. The number of fused-ring (bicyclic) bond motifs is 1. The molecule has 0 radical (unpaired) electrons. The molecule has 1 saturated heterocycles. The molecule has 24 heavy (non-hydrogen) atoms. The molecule has 5 heteroatoms. The second kappa shape index (κ2) is 6.38. The number of carbonyl (C=O) groups excluding carboxylic acids is 2. The van der Waals surface area contributed by atoms with Gasteiger partial charge in [0.05, 0.1) is 0 Å². The lowest BCUT2D eigenvalue weighted by molar-refractivity contribution is -0.155. The minimum absolute atomic E-state index is 0.0470. The smallest absolute Gasteiger partial charge is 0.329 e. The van der Waals surface area contributed by atoms with Crippen LogP contribution in [0.3, 0.4) is 0 Å². The maximum absolute atomic E-state index is 12.4. The molecule has 1 aromatic carbocycles. The molecular weight excluding hydrogens is 306 g/mol. The maximum atomic E-state index is 12.4. The molecule has 1 aliphatic heterocycles. The average Bonchev–Trinajstić information content (AvgIpc) is 3.18. The fraction of sp³-hybridized carbons (Fsp3) is 0.526. The average molecular weight is 329 g/mol. The van der Waals surface area contributed by atoms with Crippen LogP contribution in [0.25, 0.3) is 0 Å². The zero-order valence-electron chi connectivity index (χ0n) is 14.0. The van der Waals surface area contributed by atoms with E-state index in [1.807, 2.05) is 18.2 Å². The van der Waals surface area contributed by atoms with Gasteiger partial charge in [-0.25, -0.2) is 4.79 Å². The van der Waals surface area contributed by atoms with E-state index in [9.17, 15) is 19.5 Å². The Hall–Kier alpha value is -2.17. The Bertz CT molecular complexity index is 697. The quantitative estimate of drug-likeness (QED) is 0.843. The van der Waals surface area contributed by atoms with Crippen molar-refractivity contribution in [3.8, 4) is 0 Å². The molecule has 1 fully saturated rings. The minimum atomic E-state index is -1.13. The zero-order valence-corrected chi connectivity index (χ0v) is 14.0. The molecule has 3 rings (SSSR count). The van der Waals surface area contributed by atoms with E-state index < -0.39 is 11.5 Å². The van der Waals surface area contributed by atoms with Crippen molar-refractivity contribution in [3.63, 3.8) is 0 Å². The summed E-state index contributed by atoms with van der Waals surface area (Å²) < 4.78 is 0. The fourth-order valence-electron chi connectivity index (χ4n) is 3.83. The van der Waals surface area contributed by atoms with Gasteiger partial charge in [-0.15, -0.1) is 0 Å². The highest BCUT2D eigenvalue weighted by Gasteiger charge is 2.45. The molecule has 128 valence electrons. The number of likely N-dealkylation sites (tertiary alicyclic amines) is 1. The maximum Gasteiger partial charge on any atom is 0.329 e. The molecule has 1 heterocycles. The molecule has 2 aliphatic rings. The highest BCUT2D eigenvalue weighted by Crippen LogP contribution is 2.30. The van der Waals surface area contributed by atoms with E-state index in [0.717, 1.165) is 19.3 Å². The number of Topliss-reactive ketones (excluding diaryl/α,β-unsaturated/α-hetero) is 1. The zero-order chi connectivity index (χ0) is 17.3. The van der Waals surface area contributed by atoms with Crippen molar-refractivity contribution in [2.75, 3.05) is 6.54 Å². The van der Waals surface area contributed by atoms with E-state index in [0.29, 0.717) is 24.9 Å². The summed E-state index contributed by atoms with van der Waals surface area (Å²) in [6.45, 7) is 2.04. The van der Waals surface area contributed by atoms with E-state index in [4.69, 9.17) is 0 Å². The van der Waals surface area contributed by atoms with Crippen LogP contribution in [0.1, 0.15) is 60.5 Å². The van der Waals surface area contributed by atoms with Crippen LogP contribution in [0.5, 0.6) is 0 Å². The summed E-state index contributed by atoms with van der Waals surface area (Å²) in [5.74, 6) is -1.26. The van der Waals surface area contributed by atoms with Crippen LogP contribution in [-0.4, -0.2) is 39.7 Å². The lowest BCUT2D eigenvalue weighted by Crippen LogP contribution is -2.50. The van der Waals surface area contributed by atoms with Gasteiger partial charge in [0.25, 0.3) is 0 Å². The van der Waals surface area contributed by atoms with Gasteiger partial charge < -0.3 is 10.0 Å². The second-order valence-corrected chi connectivity index (χ2v) is 6.99. The van der Waals surface area contributed by atoms with Crippen LogP contribution < -0.4 is 0 Å². The summed E-state index contributed by atoms with van der Waals surface area (Å²) >= 11 is 0. The van der Waals surface area contributed by atoms with Gasteiger partial charge in [-0.3, -0.25) is 9.59 Å². The standard InChI is InChI=1S/C19H23NO4/c1-19(18(23)24)10-3-11-20(19)17(22)9-8-16(21)15-7-6-13-4-2-5-14(13)12-15/h6-7,12H,2-5,8-11H2,1H3,(H,23,24). The summed E-state index contributed by atoms with van der Waals surface area (Å²) in [4.78, 5) is 37.6. The van der Waals surface area contributed by atoms with Crippen molar-refractivity contribution < 1.29 is 19.5 Å². The third kappa shape index (κ3) is 2.95. The van der Waals surface area contributed by atoms with E-state index in [2.05, 4.69) is 0 Å². The molecule has 5 nitrogen and oxygen atoms in total. The monoisotopic (exact) mass is 329 g/mol. The number of amides is 1. The third-order valence-corrected chi connectivity index (χ3v) is 5.39. The van der Waals surface area contributed by atoms with Crippen LogP contribution in [0, 0.1) is 0 Å². The van der Waals surface area contributed by atoms with Crippen molar-refractivity contribution in [1.82, 2.24) is 4.90 Å². The largest absolute Gasteiger partial charge is 0.480 e. The number of benzene rings is 1. The molecule has 0 aromatic heterocycles. The van der Waals surface area contributed by atoms with Gasteiger partial charge in [-0.05, 0) is 56.2 Å². The molecular formula is C19H23NO4. The number of nitrogens with zero attached hydrogens (tertiary/aromatic N) is 1. The number of carbonyl (C=O) groups is 3. The number of hydrogen-bond acceptors (Lipinski definition) is 3. The highest BCUT2D eigenvalue weighted by atomic mass is 16.4. The number of hydrogen-bond donors (Lipinski definition) is 1. The molecule has 1 unspecified atom stereocenters. The van der Waals surface area contributed by atoms with E-state index in [1.165, 1.54) is 16.0 Å². The Morgan fingerprint density at radius 1 is 1.12 bits per heavy atom. The van der Waals surface area contributed by atoms with Gasteiger partial charge >= 0.3 is 5.97 Å². The summed E-state index contributed by atoms with van der Waals surface area (Å²) in [7, 11) is 0. The predicted octanol–water partition coefficient (Wildman–Crippen LogP) is 2.60. The van der Waals surface area contributed by atoms with Gasteiger partial charge in [-0.1, -0.05) is 12.1 Å². The number of ketones is 1. The Labute approximate surface area is 141 Å². The SMILES string of the molecule is CC1(C(=O)O)CCCN1C(=O)CCC(=O)c1ccc2c(c1)CCC2. The number of carboxylic acids is 1.